The number of hydrogen-bond donors (Lipinski definition) is 2. The maximum absolute atomic E-state index is 11.4. The first kappa shape index (κ1) is 12.5. The van der Waals surface area contributed by atoms with Crippen LogP contribution in [0.1, 0.15) is 39.0 Å². The lowest BCUT2D eigenvalue weighted by Crippen LogP contribution is -2.59. The first-order valence-electron chi connectivity index (χ1n) is 5.65. The van der Waals surface area contributed by atoms with Crippen LogP contribution in [-0.4, -0.2) is 31.2 Å². The van der Waals surface area contributed by atoms with Crippen LogP contribution >= 0.6 is 0 Å². The minimum absolute atomic E-state index is 0.332. The van der Waals surface area contributed by atoms with E-state index in [0.29, 0.717) is 12.6 Å². The lowest BCUT2D eigenvalue weighted by Gasteiger charge is -2.33. The summed E-state index contributed by atoms with van der Waals surface area (Å²) in [7, 11) is 1.59. The van der Waals surface area contributed by atoms with Crippen LogP contribution in [0.15, 0.2) is 0 Å². The van der Waals surface area contributed by atoms with Crippen LogP contribution in [0.25, 0.3) is 0 Å². The molecule has 0 saturated heterocycles. The highest BCUT2D eigenvalue weighted by Gasteiger charge is 2.33. The molecule has 1 aliphatic carbocycles. The van der Waals surface area contributed by atoms with Crippen molar-refractivity contribution in [3.8, 4) is 0 Å². The fraction of sp³-hybridized carbons (Fsp3) is 0.909. The predicted molar refractivity (Wildman–Crippen MR) is 59.5 cm³/mol. The third-order valence-electron chi connectivity index (χ3n) is 3.10. The third-order valence-corrected chi connectivity index (χ3v) is 3.10. The molecule has 0 aromatic rings. The Hall–Kier alpha value is -0.610. The Labute approximate surface area is 91.5 Å². The van der Waals surface area contributed by atoms with Crippen LogP contribution < -0.4 is 11.1 Å². The molecule has 15 heavy (non-hydrogen) atoms. The molecule has 1 saturated carbocycles. The summed E-state index contributed by atoms with van der Waals surface area (Å²) in [5.41, 5.74) is 4.67. The van der Waals surface area contributed by atoms with E-state index in [1.165, 1.54) is 19.3 Å². The van der Waals surface area contributed by atoms with Gasteiger partial charge in [-0.3, -0.25) is 10.1 Å². The second kappa shape index (κ2) is 5.47. The molecule has 0 radical (unpaired) electrons. The van der Waals surface area contributed by atoms with Crippen molar-refractivity contribution in [2.75, 3.05) is 13.7 Å². The van der Waals surface area contributed by atoms with Crippen molar-refractivity contribution < 1.29 is 9.53 Å². The average molecular weight is 214 g/mol. The molecule has 0 aliphatic heterocycles. The summed E-state index contributed by atoms with van der Waals surface area (Å²) in [5.74, 6) is -0.338. The zero-order chi connectivity index (χ0) is 11.3. The van der Waals surface area contributed by atoms with Crippen LogP contribution in [0, 0.1) is 0 Å². The molecule has 0 bridgehead atoms. The van der Waals surface area contributed by atoms with E-state index in [1.54, 1.807) is 7.11 Å². The smallest absolute Gasteiger partial charge is 0.239 e. The number of nitrogens with one attached hydrogen (secondary N) is 1. The Morgan fingerprint density at radius 1 is 1.47 bits per heavy atom. The fourth-order valence-electron chi connectivity index (χ4n) is 2.17. The highest BCUT2D eigenvalue weighted by Crippen LogP contribution is 2.20. The molecule has 1 atom stereocenters. The van der Waals surface area contributed by atoms with Crippen molar-refractivity contribution in [2.24, 2.45) is 5.73 Å². The summed E-state index contributed by atoms with van der Waals surface area (Å²) in [6, 6.07) is 0.409. The van der Waals surface area contributed by atoms with E-state index >= 15 is 0 Å². The molecule has 88 valence electrons. The fourth-order valence-corrected chi connectivity index (χ4v) is 2.17. The van der Waals surface area contributed by atoms with Gasteiger partial charge in [-0.1, -0.05) is 19.3 Å². The molecule has 0 aromatic carbocycles. The first-order chi connectivity index (χ1) is 7.08. The van der Waals surface area contributed by atoms with Crippen LogP contribution in [0.2, 0.25) is 0 Å². The summed E-state index contributed by atoms with van der Waals surface area (Å²) in [4.78, 5) is 11.4. The molecule has 0 aromatic heterocycles. The highest BCUT2D eigenvalue weighted by molar-refractivity contribution is 5.84. The quantitative estimate of drug-likeness (QED) is 0.711. The largest absolute Gasteiger partial charge is 0.382 e. The molecular formula is C11H22N2O2. The highest BCUT2D eigenvalue weighted by atomic mass is 16.5. The Kier molecular flexibility index (Phi) is 4.54. The van der Waals surface area contributed by atoms with Gasteiger partial charge in [0.15, 0.2) is 0 Å². The third kappa shape index (κ3) is 3.47. The second-order valence-corrected chi connectivity index (χ2v) is 4.61. The molecule has 0 heterocycles. The topological polar surface area (TPSA) is 64.3 Å². The number of rotatable bonds is 5. The lowest BCUT2D eigenvalue weighted by atomic mass is 9.92. The van der Waals surface area contributed by atoms with Gasteiger partial charge in [0.05, 0.1) is 6.61 Å². The Balaban J connectivity index is 2.52. The minimum Gasteiger partial charge on any atom is -0.382 e. The standard InChI is InChI=1S/C11H22N2O2/c1-11(8-15-2,10(12)14)13-9-6-4-3-5-7-9/h9,13H,3-8H2,1-2H3,(H2,12,14). The number of carbonyl (C=O) groups excluding carboxylic acids is 1. The van der Waals surface area contributed by atoms with E-state index in [-0.39, 0.29) is 5.91 Å². The zero-order valence-electron chi connectivity index (χ0n) is 9.71. The molecular weight excluding hydrogens is 192 g/mol. The first-order valence-corrected chi connectivity index (χ1v) is 5.65. The van der Waals surface area contributed by atoms with Gasteiger partial charge in [-0.05, 0) is 19.8 Å². The normalized spacial score (nSPS) is 22.3. The van der Waals surface area contributed by atoms with Gasteiger partial charge in [0, 0.05) is 13.2 Å². The van der Waals surface area contributed by atoms with E-state index in [9.17, 15) is 4.79 Å². The summed E-state index contributed by atoms with van der Waals surface area (Å²) in [5, 5.41) is 3.33. The number of carbonyl (C=O) groups is 1. The van der Waals surface area contributed by atoms with Gasteiger partial charge in [-0.15, -0.1) is 0 Å². The van der Waals surface area contributed by atoms with Crippen molar-refractivity contribution in [2.45, 2.75) is 50.6 Å². The molecule has 1 aliphatic rings. The maximum Gasteiger partial charge on any atom is 0.239 e. The number of nitrogens with two attached hydrogens (primary N) is 1. The van der Waals surface area contributed by atoms with Crippen LogP contribution in [0.4, 0.5) is 0 Å². The van der Waals surface area contributed by atoms with Gasteiger partial charge >= 0.3 is 0 Å². The average Bonchev–Trinajstić information content (AvgIpc) is 2.19. The second-order valence-electron chi connectivity index (χ2n) is 4.61. The van der Waals surface area contributed by atoms with E-state index in [2.05, 4.69) is 5.32 Å². The van der Waals surface area contributed by atoms with Crippen molar-refractivity contribution in [1.29, 1.82) is 0 Å². The van der Waals surface area contributed by atoms with Crippen molar-refractivity contribution >= 4 is 5.91 Å². The molecule has 1 fully saturated rings. The van der Waals surface area contributed by atoms with Gasteiger partial charge in [0.1, 0.15) is 5.54 Å². The van der Waals surface area contributed by atoms with Gasteiger partial charge in [-0.2, -0.15) is 0 Å². The number of primary amides is 1. The Bertz CT molecular complexity index is 215. The van der Waals surface area contributed by atoms with E-state index < -0.39 is 5.54 Å². The molecule has 4 heteroatoms. The van der Waals surface area contributed by atoms with Crippen LogP contribution in [0.3, 0.4) is 0 Å². The van der Waals surface area contributed by atoms with Crippen molar-refractivity contribution in [1.82, 2.24) is 5.32 Å². The zero-order valence-corrected chi connectivity index (χ0v) is 9.71. The van der Waals surface area contributed by atoms with Crippen LogP contribution in [0.5, 0.6) is 0 Å². The predicted octanol–water partition coefficient (Wildman–Crippen LogP) is 0.799. The summed E-state index contributed by atoms with van der Waals surface area (Å²) in [6.07, 6.45) is 6.04. The Morgan fingerprint density at radius 3 is 2.53 bits per heavy atom. The number of hydrogen-bond acceptors (Lipinski definition) is 3. The number of methoxy groups -OCH3 is 1. The van der Waals surface area contributed by atoms with E-state index in [1.807, 2.05) is 6.92 Å². The van der Waals surface area contributed by atoms with Gasteiger partial charge in [0.2, 0.25) is 5.91 Å². The molecule has 1 amide bonds. The lowest BCUT2D eigenvalue weighted by molar-refractivity contribution is -0.126. The van der Waals surface area contributed by atoms with Crippen LogP contribution in [-0.2, 0) is 9.53 Å². The number of ether oxygens (including phenoxy) is 1. The summed E-state index contributed by atoms with van der Waals surface area (Å²) in [6.45, 7) is 2.15. The molecule has 0 spiro atoms. The SMILES string of the molecule is COCC(C)(NC1CCCCC1)C(N)=O. The van der Waals surface area contributed by atoms with Gasteiger partial charge in [0.25, 0.3) is 0 Å². The minimum atomic E-state index is -0.725. The monoisotopic (exact) mass is 214 g/mol. The van der Waals surface area contributed by atoms with Gasteiger partial charge < -0.3 is 10.5 Å². The van der Waals surface area contributed by atoms with Crippen molar-refractivity contribution in [3.05, 3.63) is 0 Å². The summed E-state index contributed by atoms with van der Waals surface area (Å²) >= 11 is 0. The molecule has 1 unspecified atom stereocenters. The van der Waals surface area contributed by atoms with E-state index in [0.717, 1.165) is 12.8 Å². The molecule has 1 rings (SSSR count). The maximum atomic E-state index is 11.4. The molecule has 3 N–H and O–H groups in total. The van der Waals surface area contributed by atoms with Gasteiger partial charge in [-0.25, -0.2) is 0 Å². The number of amides is 1. The van der Waals surface area contributed by atoms with E-state index in [4.69, 9.17) is 10.5 Å². The Morgan fingerprint density at radius 2 is 2.07 bits per heavy atom. The molecule has 4 nitrogen and oxygen atoms in total. The summed E-state index contributed by atoms with van der Waals surface area (Å²) < 4.78 is 5.05. The van der Waals surface area contributed by atoms with Crippen molar-refractivity contribution in [3.63, 3.8) is 0 Å².